The summed E-state index contributed by atoms with van der Waals surface area (Å²) in [6, 6.07) is 9.93. The first-order valence-corrected chi connectivity index (χ1v) is 9.94. The van der Waals surface area contributed by atoms with Crippen LogP contribution in [-0.2, 0) is 27.8 Å². The minimum atomic E-state index is -3.85. The van der Waals surface area contributed by atoms with Crippen molar-refractivity contribution in [2.45, 2.75) is 24.8 Å². The summed E-state index contributed by atoms with van der Waals surface area (Å²) in [6.45, 7) is 2.69. The molecule has 1 aliphatic heterocycles. The number of benzene rings is 2. The molecule has 0 atom stereocenters. The lowest BCUT2D eigenvalue weighted by atomic mass is 9.99. The van der Waals surface area contributed by atoms with Gasteiger partial charge in [-0.2, -0.15) is 0 Å². The van der Waals surface area contributed by atoms with Crippen molar-refractivity contribution < 1.29 is 22.7 Å². The van der Waals surface area contributed by atoms with Gasteiger partial charge in [-0.05, 0) is 41.8 Å². The number of nitrogens with one attached hydrogen (secondary N) is 1. The molecular weight excluding hydrogens is 368 g/mol. The molecule has 0 unspecified atom stereocenters. The Labute approximate surface area is 158 Å². The van der Waals surface area contributed by atoms with Crippen LogP contribution in [0.5, 0.6) is 11.5 Å². The molecule has 0 radical (unpaired) electrons. The molecular formula is C19H22N2O5S. The first-order chi connectivity index (χ1) is 12.8. The number of carbonyl (C=O) groups is 1. The third kappa shape index (κ3) is 4.00. The molecule has 0 fully saturated rings. The van der Waals surface area contributed by atoms with Gasteiger partial charge in [0.05, 0.1) is 14.2 Å². The molecule has 8 heteroatoms. The number of sulfonamides is 1. The number of hydrogen-bond donors (Lipinski definition) is 1. The molecule has 0 saturated carbocycles. The summed E-state index contributed by atoms with van der Waals surface area (Å²) in [6.07, 6.45) is 0.758. The van der Waals surface area contributed by atoms with Crippen molar-refractivity contribution in [3.05, 3.63) is 47.5 Å². The highest BCUT2D eigenvalue weighted by Gasteiger charge is 2.22. The molecule has 0 bridgehead atoms. The summed E-state index contributed by atoms with van der Waals surface area (Å²) in [7, 11) is -0.944. The molecule has 1 heterocycles. The minimum Gasteiger partial charge on any atom is -0.497 e. The second-order valence-electron chi connectivity index (χ2n) is 6.30. The van der Waals surface area contributed by atoms with E-state index in [-0.39, 0.29) is 16.6 Å². The maximum atomic E-state index is 12.8. The molecule has 2 aromatic rings. The Morgan fingerprint density at radius 1 is 1.07 bits per heavy atom. The molecule has 7 nitrogen and oxygen atoms in total. The third-order valence-electron chi connectivity index (χ3n) is 4.58. The number of amides is 1. The largest absolute Gasteiger partial charge is 0.497 e. The summed E-state index contributed by atoms with van der Waals surface area (Å²) in [4.78, 5) is 13.4. The molecule has 1 aliphatic rings. The molecule has 27 heavy (non-hydrogen) atoms. The number of nitrogens with zero attached hydrogens (tertiary/aromatic N) is 1. The van der Waals surface area contributed by atoms with Crippen LogP contribution in [0.25, 0.3) is 0 Å². The van der Waals surface area contributed by atoms with Gasteiger partial charge in [-0.3, -0.25) is 9.52 Å². The lowest BCUT2D eigenvalue weighted by Crippen LogP contribution is -2.34. The number of methoxy groups -OCH3 is 2. The molecule has 1 amide bonds. The van der Waals surface area contributed by atoms with Gasteiger partial charge in [0.2, 0.25) is 5.91 Å². The maximum Gasteiger partial charge on any atom is 0.265 e. The number of carbonyl (C=O) groups excluding carboxylic acids is 1. The second-order valence-corrected chi connectivity index (χ2v) is 7.95. The Bertz CT molecular complexity index is 972. The second kappa shape index (κ2) is 7.48. The average Bonchev–Trinajstić information content (AvgIpc) is 2.66. The molecule has 3 rings (SSSR count). The number of rotatable bonds is 5. The van der Waals surface area contributed by atoms with Gasteiger partial charge in [0.15, 0.2) is 0 Å². The van der Waals surface area contributed by atoms with Gasteiger partial charge in [0.1, 0.15) is 16.4 Å². The highest BCUT2D eigenvalue weighted by atomic mass is 32.2. The van der Waals surface area contributed by atoms with Crippen LogP contribution in [0.3, 0.4) is 0 Å². The van der Waals surface area contributed by atoms with Gasteiger partial charge in [0.25, 0.3) is 10.0 Å². The van der Waals surface area contributed by atoms with Crippen molar-refractivity contribution in [2.75, 3.05) is 25.5 Å². The lowest BCUT2D eigenvalue weighted by molar-refractivity contribution is -0.129. The van der Waals surface area contributed by atoms with Crippen LogP contribution in [0, 0.1) is 0 Å². The predicted octanol–water partition coefficient (Wildman–Crippen LogP) is 2.41. The molecule has 0 aromatic heterocycles. The zero-order valence-electron chi connectivity index (χ0n) is 15.5. The quantitative estimate of drug-likeness (QED) is 0.847. The first kappa shape index (κ1) is 19.0. The van der Waals surface area contributed by atoms with Crippen molar-refractivity contribution in [3.8, 4) is 11.5 Å². The monoisotopic (exact) mass is 390 g/mol. The average molecular weight is 390 g/mol. The Balaban J connectivity index is 1.89. The van der Waals surface area contributed by atoms with Gasteiger partial charge in [-0.25, -0.2) is 8.42 Å². The first-order valence-electron chi connectivity index (χ1n) is 8.46. The maximum absolute atomic E-state index is 12.8. The number of hydrogen-bond acceptors (Lipinski definition) is 5. The number of anilines is 1. The SMILES string of the molecule is COc1ccc(S(=O)(=O)Nc2ccc3c(c2)CN(C(C)=O)CC3)c(OC)c1. The van der Waals surface area contributed by atoms with Crippen LogP contribution in [0.2, 0.25) is 0 Å². The van der Waals surface area contributed by atoms with Crippen molar-refractivity contribution in [3.63, 3.8) is 0 Å². The Morgan fingerprint density at radius 3 is 2.52 bits per heavy atom. The lowest BCUT2D eigenvalue weighted by Gasteiger charge is -2.28. The van der Waals surface area contributed by atoms with Gasteiger partial charge in [-0.15, -0.1) is 0 Å². The van der Waals surface area contributed by atoms with E-state index in [4.69, 9.17) is 9.47 Å². The minimum absolute atomic E-state index is 0.00889. The van der Waals surface area contributed by atoms with Gasteiger partial charge in [0, 0.05) is 31.8 Å². The summed E-state index contributed by atoms with van der Waals surface area (Å²) < 4.78 is 38.5. The molecule has 1 N–H and O–H groups in total. The van der Waals surface area contributed by atoms with Crippen molar-refractivity contribution >= 4 is 21.6 Å². The summed E-state index contributed by atoms with van der Waals surface area (Å²) in [5, 5.41) is 0. The smallest absolute Gasteiger partial charge is 0.265 e. The van der Waals surface area contributed by atoms with E-state index in [9.17, 15) is 13.2 Å². The van der Waals surface area contributed by atoms with Crippen LogP contribution in [0.4, 0.5) is 5.69 Å². The van der Waals surface area contributed by atoms with Crippen molar-refractivity contribution in [1.82, 2.24) is 4.90 Å². The van der Waals surface area contributed by atoms with Gasteiger partial charge >= 0.3 is 0 Å². The zero-order chi connectivity index (χ0) is 19.6. The fraction of sp³-hybridized carbons (Fsp3) is 0.316. The van der Waals surface area contributed by atoms with E-state index < -0.39 is 10.0 Å². The summed E-state index contributed by atoms with van der Waals surface area (Å²) >= 11 is 0. The number of ether oxygens (including phenoxy) is 2. The highest BCUT2D eigenvalue weighted by molar-refractivity contribution is 7.92. The number of fused-ring (bicyclic) bond motifs is 1. The van der Waals surface area contributed by atoms with Crippen molar-refractivity contribution in [2.24, 2.45) is 0 Å². The van der Waals surface area contributed by atoms with Gasteiger partial charge < -0.3 is 14.4 Å². The molecule has 0 spiro atoms. The van der Waals surface area contributed by atoms with E-state index in [1.54, 1.807) is 23.1 Å². The molecule has 2 aromatic carbocycles. The standard InChI is InChI=1S/C19H22N2O5S/c1-13(22)21-9-8-14-4-5-16(10-15(14)12-21)20-27(23,24)19-7-6-17(25-2)11-18(19)26-3/h4-7,10-11,20H,8-9,12H2,1-3H3. The van der Waals surface area contributed by atoms with Crippen LogP contribution >= 0.6 is 0 Å². The fourth-order valence-electron chi connectivity index (χ4n) is 3.10. The molecule has 144 valence electrons. The topological polar surface area (TPSA) is 84.9 Å². The molecule has 0 aliphatic carbocycles. The summed E-state index contributed by atoms with van der Waals surface area (Å²) in [5.41, 5.74) is 2.51. The predicted molar refractivity (Wildman–Crippen MR) is 102 cm³/mol. The summed E-state index contributed by atoms with van der Waals surface area (Å²) in [5.74, 6) is 0.709. The Morgan fingerprint density at radius 2 is 1.85 bits per heavy atom. The Hall–Kier alpha value is -2.74. The van der Waals surface area contributed by atoms with Crippen LogP contribution in [-0.4, -0.2) is 40.0 Å². The molecule has 0 saturated heterocycles. The van der Waals surface area contributed by atoms with E-state index >= 15 is 0 Å². The van der Waals surface area contributed by atoms with Crippen LogP contribution in [0.1, 0.15) is 18.1 Å². The highest BCUT2D eigenvalue weighted by Crippen LogP contribution is 2.30. The fourth-order valence-corrected chi connectivity index (χ4v) is 4.30. The normalized spacial score (nSPS) is 13.7. The van der Waals surface area contributed by atoms with E-state index in [0.29, 0.717) is 24.5 Å². The van der Waals surface area contributed by atoms with E-state index in [2.05, 4.69) is 4.72 Å². The van der Waals surface area contributed by atoms with E-state index in [1.807, 2.05) is 6.07 Å². The van der Waals surface area contributed by atoms with E-state index in [0.717, 1.165) is 17.5 Å². The van der Waals surface area contributed by atoms with Crippen LogP contribution < -0.4 is 14.2 Å². The van der Waals surface area contributed by atoms with Gasteiger partial charge in [-0.1, -0.05) is 6.07 Å². The van der Waals surface area contributed by atoms with E-state index in [1.165, 1.54) is 33.3 Å². The zero-order valence-corrected chi connectivity index (χ0v) is 16.3. The third-order valence-corrected chi connectivity index (χ3v) is 6.00. The van der Waals surface area contributed by atoms with Crippen molar-refractivity contribution in [1.29, 1.82) is 0 Å². The Kier molecular flexibility index (Phi) is 5.27. The van der Waals surface area contributed by atoms with Crippen LogP contribution in [0.15, 0.2) is 41.3 Å².